The molecule has 1 aromatic carbocycles. The molecule has 0 saturated carbocycles. The van der Waals surface area contributed by atoms with Crippen LogP contribution in [0.2, 0.25) is 0 Å². The van der Waals surface area contributed by atoms with Crippen molar-refractivity contribution in [3.63, 3.8) is 0 Å². The van der Waals surface area contributed by atoms with Gasteiger partial charge in [-0.25, -0.2) is 13.4 Å². The number of amides is 1. The van der Waals surface area contributed by atoms with Gasteiger partial charge in [0.25, 0.3) is 10.0 Å². The number of rotatable bonds is 6. The number of imidazole rings is 1. The average molecular weight is 489 g/mol. The lowest BCUT2D eigenvalue weighted by Gasteiger charge is -2.36. The molecule has 0 bridgehead atoms. The molecule has 0 radical (unpaired) electrons. The normalized spacial score (nSPS) is 18.7. The monoisotopic (exact) mass is 488 g/mol. The van der Waals surface area contributed by atoms with Crippen molar-refractivity contribution < 1.29 is 22.7 Å². The Morgan fingerprint density at radius 3 is 2.09 bits per heavy atom. The second-order valence-electron chi connectivity index (χ2n) is 9.11. The van der Waals surface area contributed by atoms with Crippen molar-refractivity contribution in [1.82, 2.24) is 18.8 Å². The van der Waals surface area contributed by atoms with E-state index >= 15 is 0 Å². The summed E-state index contributed by atoms with van der Waals surface area (Å²) in [5.41, 5.74) is 0.669. The van der Waals surface area contributed by atoms with Gasteiger partial charge < -0.3 is 14.2 Å². The summed E-state index contributed by atoms with van der Waals surface area (Å²) in [6.07, 6.45) is 3.80. The lowest BCUT2D eigenvalue weighted by molar-refractivity contribution is -0.138. The number of benzene rings is 1. The number of carbonyl (C=O) groups is 2. The molecule has 9 nitrogen and oxygen atoms in total. The molecule has 2 aromatic rings. The third-order valence-corrected chi connectivity index (χ3v) is 8.82. The molecule has 0 aliphatic carbocycles. The fourth-order valence-corrected chi connectivity index (χ4v) is 6.23. The maximum absolute atomic E-state index is 13.1. The van der Waals surface area contributed by atoms with Gasteiger partial charge in [-0.3, -0.25) is 9.59 Å². The van der Waals surface area contributed by atoms with E-state index in [9.17, 15) is 18.0 Å². The van der Waals surface area contributed by atoms with E-state index in [4.69, 9.17) is 4.74 Å². The largest absolute Gasteiger partial charge is 0.497 e. The topological polar surface area (TPSA) is 102 Å². The number of hydrogen-bond donors (Lipinski definition) is 0. The van der Waals surface area contributed by atoms with Crippen molar-refractivity contribution in [2.24, 2.45) is 18.9 Å². The summed E-state index contributed by atoms with van der Waals surface area (Å²) < 4.78 is 34.1. The van der Waals surface area contributed by atoms with Gasteiger partial charge in [-0.05, 0) is 56.9 Å². The molecule has 0 atom stereocenters. The minimum atomic E-state index is -3.65. The molecule has 10 heteroatoms. The fourth-order valence-electron chi connectivity index (χ4n) is 4.74. The van der Waals surface area contributed by atoms with Crippen LogP contribution in [0.1, 0.15) is 41.9 Å². The van der Waals surface area contributed by atoms with Crippen molar-refractivity contribution in [3.05, 3.63) is 41.9 Å². The summed E-state index contributed by atoms with van der Waals surface area (Å²) in [6.45, 7) is 3.48. The quantitative estimate of drug-likeness (QED) is 0.578. The van der Waals surface area contributed by atoms with E-state index in [1.165, 1.54) is 10.5 Å². The maximum atomic E-state index is 13.1. The summed E-state index contributed by atoms with van der Waals surface area (Å²) in [4.78, 5) is 31.9. The van der Waals surface area contributed by atoms with E-state index in [1.807, 2.05) is 4.90 Å². The standard InChI is InChI=1S/C24H32N4O5S/c1-17-25-22(16-26(17)2)34(31,32)28-14-10-20(11-15-28)24(30)27-12-8-19(9-13-27)23(29)18-4-6-21(33-3)7-5-18/h4-7,16,19-20H,8-15H2,1-3H3. The Bertz CT molecular complexity index is 1120. The number of ether oxygens (including phenoxy) is 1. The zero-order chi connectivity index (χ0) is 24.5. The first-order chi connectivity index (χ1) is 16.2. The first-order valence-corrected chi connectivity index (χ1v) is 13.1. The maximum Gasteiger partial charge on any atom is 0.262 e. The van der Waals surface area contributed by atoms with Crippen LogP contribution >= 0.6 is 0 Å². The first kappa shape index (κ1) is 24.4. The van der Waals surface area contributed by atoms with Crippen molar-refractivity contribution in [1.29, 1.82) is 0 Å². The van der Waals surface area contributed by atoms with Gasteiger partial charge in [-0.2, -0.15) is 4.31 Å². The summed E-state index contributed by atoms with van der Waals surface area (Å²) in [7, 11) is -0.299. The van der Waals surface area contributed by atoms with Crippen LogP contribution in [-0.2, 0) is 21.9 Å². The molecule has 1 aromatic heterocycles. The summed E-state index contributed by atoms with van der Waals surface area (Å²) >= 11 is 0. The predicted octanol–water partition coefficient (Wildman–Crippen LogP) is 2.26. The van der Waals surface area contributed by atoms with Gasteiger partial charge in [-0.1, -0.05) is 0 Å². The number of hydrogen-bond acceptors (Lipinski definition) is 6. The molecule has 4 rings (SSSR count). The number of methoxy groups -OCH3 is 1. The lowest BCUT2D eigenvalue weighted by Crippen LogP contribution is -2.47. The van der Waals surface area contributed by atoms with Crippen molar-refractivity contribution in [2.45, 2.75) is 37.6 Å². The number of aryl methyl sites for hydroxylation is 2. The molecule has 184 valence electrons. The number of nitrogens with zero attached hydrogens (tertiary/aromatic N) is 4. The number of piperidine rings is 2. The molecule has 2 fully saturated rings. The van der Waals surface area contributed by atoms with E-state index in [-0.39, 0.29) is 28.6 Å². The van der Waals surface area contributed by atoms with Crippen LogP contribution in [0.4, 0.5) is 0 Å². The van der Waals surface area contributed by atoms with Crippen LogP contribution in [0.5, 0.6) is 5.75 Å². The molecule has 3 heterocycles. The zero-order valence-electron chi connectivity index (χ0n) is 19.9. The Hall–Kier alpha value is -2.72. The van der Waals surface area contributed by atoms with E-state index in [1.54, 1.807) is 49.9 Å². The first-order valence-electron chi connectivity index (χ1n) is 11.7. The van der Waals surface area contributed by atoms with E-state index < -0.39 is 10.0 Å². The van der Waals surface area contributed by atoms with E-state index in [0.29, 0.717) is 69.0 Å². The van der Waals surface area contributed by atoms with Gasteiger partial charge in [0.1, 0.15) is 11.6 Å². The van der Waals surface area contributed by atoms with Gasteiger partial charge in [0, 0.05) is 56.8 Å². The predicted molar refractivity (Wildman–Crippen MR) is 126 cm³/mol. The Morgan fingerprint density at radius 1 is 0.971 bits per heavy atom. The second kappa shape index (κ2) is 9.87. The minimum Gasteiger partial charge on any atom is -0.497 e. The van der Waals surface area contributed by atoms with Crippen LogP contribution in [0, 0.1) is 18.8 Å². The molecule has 34 heavy (non-hydrogen) atoms. The molecule has 1 amide bonds. The minimum absolute atomic E-state index is 0.0564. The van der Waals surface area contributed by atoms with Gasteiger partial charge >= 0.3 is 0 Å². The lowest BCUT2D eigenvalue weighted by atomic mass is 9.87. The smallest absolute Gasteiger partial charge is 0.262 e. The van der Waals surface area contributed by atoms with Crippen molar-refractivity contribution >= 4 is 21.7 Å². The number of sulfonamides is 1. The molecule has 0 spiro atoms. The molecular formula is C24H32N4O5S. The van der Waals surface area contributed by atoms with Crippen molar-refractivity contribution in [3.8, 4) is 5.75 Å². The molecule has 2 aliphatic heterocycles. The number of likely N-dealkylation sites (tertiary alicyclic amines) is 1. The number of aromatic nitrogens is 2. The summed E-state index contributed by atoms with van der Waals surface area (Å²) in [5, 5.41) is 0.0564. The highest BCUT2D eigenvalue weighted by Crippen LogP contribution is 2.28. The van der Waals surface area contributed by atoms with Crippen LogP contribution in [0.3, 0.4) is 0 Å². The van der Waals surface area contributed by atoms with Gasteiger partial charge in [0.2, 0.25) is 5.91 Å². The third kappa shape index (κ3) is 4.88. The molecule has 0 N–H and O–H groups in total. The van der Waals surface area contributed by atoms with Crippen LogP contribution < -0.4 is 4.74 Å². The second-order valence-corrected chi connectivity index (χ2v) is 11.0. The average Bonchev–Trinajstić information content (AvgIpc) is 3.22. The summed E-state index contributed by atoms with van der Waals surface area (Å²) in [5.74, 6) is 1.25. The highest BCUT2D eigenvalue weighted by atomic mass is 32.2. The van der Waals surface area contributed by atoms with Crippen LogP contribution in [0.25, 0.3) is 0 Å². The Labute approximate surface area is 200 Å². The highest BCUT2D eigenvalue weighted by molar-refractivity contribution is 7.89. The van der Waals surface area contributed by atoms with Gasteiger partial charge in [-0.15, -0.1) is 0 Å². The third-order valence-electron chi connectivity index (χ3n) is 7.05. The summed E-state index contributed by atoms with van der Waals surface area (Å²) in [6, 6.07) is 7.14. The molecule has 2 saturated heterocycles. The number of carbonyl (C=O) groups excluding carboxylic acids is 2. The Morgan fingerprint density at radius 2 is 1.56 bits per heavy atom. The Kier molecular flexibility index (Phi) is 7.09. The zero-order valence-corrected chi connectivity index (χ0v) is 20.8. The molecular weight excluding hydrogens is 456 g/mol. The molecule has 0 unspecified atom stereocenters. The van der Waals surface area contributed by atoms with E-state index in [2.05, 4.69) is 4.98 Å². The Balaban J connectivity index is 1.29. The van der Waals surface area contributed by atoms with Crippen LogP contribution in [-0.4, -0.2) is 72.2 Å². The highest BCUT2D eigenvalue weighted by Gasteiger charge is 2.36. The number of Topliss-reactive ketones (excluding diaryl/α,β-unsaturated/α-hetero) is 1. The van der Waals surface area contributed by atoms with E-state index in [0.717, 1.165) is 0 Å². The SMILES string of the molecule is COc1ccc(C(=O)C2CCN(C(=O)C3CCN(S(=O)(=O)c4cn(C)c(C)n4)CC3)CC2)cc1. The fraction of sp³-hybridized carbons (Fsp3) is 0.542. The van der Waals surface area contributed by atoms with Crippen molar-refractivity contribution in [2.75, 3.05) is 33.3 Å². The van der Waals surface area contributed by atoms with Gasteiger partial charge in [0.05, 0.1) is 7.11 Å². The molecule has 2 aliphatic rings. The van der Waals surface area contributed by atoms with Crippen LogP contribution in [0.15, 0.2) is 35.5 Å². The van der Waals surface area contributed by atoms with Gasteiger partial charge in [0.15, 0.2) is 10.8 Å². The number of ketones is 1.